The molecule has 2 N–H and O–H groups in total. The fourth-order valence-electron chi connectivity index (χ4n) is 0.743. The van der Waals surface area contributed by atoms with Crippen molar-refractivity contribution >= 4 is 5.69 Å². The Morgan fingerprint density at radius 1 is 1.69 bits per heavy atom. The summed E-state index contributed by atoms with van der Waals surface area (Å²) in [6.45, 7) is 0.213. The van der Waals surface area contributed by atoms with Crippen LogP contribution in [0.2, 0.25) is 0 Å². The van der Waals surface area contributed by atoms with Gasteiger partial charge in [-0.15, -0.1) is 0 Å². The summed E-state index contributed by atoms with van der Waals surface area (Å²) in [7, 11) is 0. The van der Waals surface area contributed by atoms with Gasteiger partial charge in [0.05, 0.1) is 17.5 Å². The molecular formula is C8H7N3O2. The second kappa shape index (κ2) is 4.18. The third-order valence-electron chi connectivity index (χ3n) is 1.27. The molecule has 0 fully saturated rings. The molecule has 1 rings (SSSR count). The van der Waals surface area contributed by atoms with Crippen LogP contribution in [0, 0.1) is 22.0 Å². The molecular weight excluding hydrogens is 170 g/mol. The van der Waals surface area contributed by atoms with Gasteiger partial charge in [-0.25, -0.2) is 4.98 Å². The van der Waals surface area contributed by atoms with Crippen molar-refractivity contribution in [3.05, 3.63) is 34.1 Å². The van der Waals surface area contributed by atoms with Crippen molar-refractivity contribution in [3.63, 3.8) is 0 Å². The zero-order valence-electron chi connectivity index (χ0n) is 6.73. The van der Waals surface area contributed by atoms with E-state index in [-0.39, 0.29) is 12.2 Å². The van der Waals surface area contributed by atoms with E-state index in [4.69, 9.17) is 5.73 Å². The molecule has 0 aromatic carbocycles. The van der Waals surface area contributed by atoms with Crippen molar-refractivity contribution in [1.29, 1.82) is 0 Å². The predicted molar refractivity (Wildman–Crippen MR) is 46.8 cm³/mol. The summed E-state index contributed by atoms with van der Waals surface area (Å²) < 4.78 is 0. The highest BCUT2D eigenvalue weighted by molar-refractivity contribution is 5.37. The molecule has 66 valence electrons. The summed E-state index contributed by atoms with van der Waals surface area (Å²) in [5, 5.41) is 10.3. The van der Waals surface area contributed by atoms with E-state index < -0.39 is 4.92 Å². The maximum absolute atomic E-state index is 10.3. The van der Waals surface area contributed by atoms with Gasteiger partial charge in [0.25, 0.3) is 5.69 Å². The number of hydrogen-bond acceptors (Lipinski definition) is 4. The van der Waals surface area contributed by atoms with Gasteiger partial charge in [0.1, 0.15) is 5.69 Å². The molecule has 0 saturated heterocycles. The Bertz CT molecular complexity index is 378. The van der Waals surface area contributed by atoms with Gasteiger partial charge < -0.3 is 5.73 Å². The fraction of sp³-hybridized carbons (Fsp3) is 0.125. The number of hydrogen-bond donors (Lipinski definition) is 1. The van der Waals surface area contributed by atoms with E-state index in [1.807, 2.05) is 0 Å². The van der Waals surface area contributed by atoms with Gasteiger partial charge in [-0.2, -0.15) is 0 Å². The van der Waals surface area contributed by atoms with Crippen LogP contribution in [0.3, 0.4) is 0 Å². The van der Waals surface area contributed by atoms with Crippen LogP contribution in [-0.4, -0.2) is 16.5 Å². The Hall–Kier alpha value is -1.93. The lowest BCUT2D eigenvalue weighted by Gasteiger charge is -1.90. The van der Waals surface area contributed by atoms with Crippen LogP contribution in [0.25, 0.3) is 0 Å². The zero-order chi connectivity index (χ0) is 9.68. The topological polar surface area (TPSA) is 82.0 Å². The molecule has 0 radical (unpaired) electrons. The third-order valence-corrected chi connectivity index (χ3v) is 1.27. The molecule has 1 aromatic rings. The summed E-state index contributed by atoms with van der Waals surface area (Å²) in [4.78, 5) is 13.7. The maximum Gasteiger partial charge on any atom is 0.273 e. The van der Waals surface area contributed by atoms with Crippen molar-refractivity contribution in [2.24, 2.45) is 5.73 Å². The Labute approximate surface area is 74.7 Å². The van der Waals surface area contributed by atoms with Gasteiger partial charge in [-0.1, -0.05) is 5.92 Å². The predicted octanol–water partition coefficient (Wildman–Crippen LogP) is 0.300. The van der Waals surface area contributed by atoms with E-state index in [9.17, 15) is 10.1 Å². The van der Waals surface area contributed by atoms with Gasteiger partial charge >= 0.3 is 0 Å². The fourth-order valence-corrected chi connectivity index (χ4v) is 0.743. The molecule has 0 amide bonds. The van der Waals surface area contributed by atoms with Crippen LogP contribution in [0.4, 0.5) is 5.69 Å². The van der Waals surface area contributed by atoms with Crippen molar-refractivity contribution in [3.8, 4) is 11.8 Å². The number of nitro groups is 1. The highest BCUT2D eigenvalue weighted by atomic mass is 16.6. The zero-order valence-corrected chi connectivity index (χ0v) is 6.73. The van der Waals surface area contributed by atoms with E-state index >= 15 is 0 Å². The van der Waals surface area contributed by atoms with Crippen molar-refractivity contribution in [2.75, 3.05) is 6.54 Å². The second-order valence-electron chi connectivity index (χ2n) is 2.16. The van der Waals surface area contributed by atoms with Crippen molar-refractivity contribution < 1.29 is 4.92 Å². The van der Waals surface area contributed by atoms with E-state index in [1.54, 1.807) is 0 Å². The first-order valence-electron chi connectivity index (χ1n) is 3.53. The lowest BCUT2D eigenvalue weighted by Crippen LogP contribution is -1.94. The van der Waals surface area contributed by atoms with Crippen LogP contribution in [0.5, 0.6) is 0 Å². The van der Waals surface area contributed by atoms with E-state index in [1.165, 1.54) is 18.3 Å². The minimum absolute atomic E-state index is 0.0173. The number of aromatic nitrogens is 1. The Kier molecular flexibility index (Phi) is 2.95. The van der Waals surface area contributed by atoms with Crippen molar-refractivity contribution in [1.82, 2.24) is 4.98 Å². The van der Waals surface area contributed by atoms with Gasteiger partial charge in [-0.3, -0.25) is 10.1 Å². The lowest BCUT2D eigenvalue weighted by atomic mass is 10.3. The van der Waals surface area contributed by atoms with E-state index in [0.29, 0.717) is 5.69 Å². The molecule has 1 aromatic heterocycles. The molecule has 0 aliphatic carbocycles. The number of pyridine rings is 1. The maximum atomic E-state index is 10.3. The molecule has 1 heterocycles. The second-order valence-corrected chi connectivity index (χ2v) is 2.16. The highest BCUT2D eigenvalue weighted by Gasteiger charge is 2.04. The summed E-state index contributed by atoms with van der Waals surface area (Å²) in [5.74, 6) is 5.17. The molecule has 0 aliphatic heterocycles. The molecule has 0 bridgehead atoms. The average molecular weight is 177 g/mol. The molecule has 5 heteroatoms. The monoisotopic (exact) mass is 177 g/mol. The standard InChI is InChI=1S/C8H7N3O2/c9-4-1-2-7-6-8(11(12)13)3-5-10-7/h3,5-6H,4,9H2. The molecule has 0 atom stereocenters. The molecule has 13 heavy (non-hydrogen) atoms. The number of nitrogens with zero attached hydrogens (tertiary/aromatic N) is 2. The number of nitrogens with two attached hydrogens (primary N) is 1. The Morgan fingerprint density at radius 2 is 2.46 bits per heavy atom. The van der Waals surface area contributed by atoms with Crippen LogP contribution in [-0.2, 0) is 0 Å². The first-order chi connectivity index (χ1) is 6.24. The van der Waals surface area contributed by atoms with Gasteiger partial charge in [0.15, 0.2) is 0 Å². The first-order valence-corrected chi connectivity index (χ1v) is 3.53. The average Bonchev–Trinajstić information content (AvgIpc) is 2.15. The normalized spacial score (nSPS) is 8.69. The summed E-state index contributed by atoms with van der Waals surface area (Å²) in [6, 6.07) is 2.62. The Morgan fingerprint density at radius 3 is 3.08 bits per heavy atom. The Balaban J connectivity index is 2.98. The minimum atomic E-state index is -0.491. The molecule has 0 aliphatic rings. The van der Waals surface area contributed by atoms with Crippen LogP contribution in [0.15, 0.2) is 18.3 Å². The van der Waals surface area contributed by atoms with Crippen LogP contribution < -0.4 is 5.73 Å². The van der Waals surface area contributed by atoms with Crippen molar-refractivity contribution in [2.45, 2.75) is 0 Å². The van der Waals surface area contributed by atoms with Crippen LogP contribution in [0.1, 0.15) is 5.69 Å². The SMILES string of the molecule is NCC#Cc1cc([N+](=O)[O-])ccn1. The summed E-state index contributed by atoms with van der Waals surface area (Å²) in [6.07, 6.45) is 1.35. The minimum Gasteiger partial charge on any atom is -0.320 e. The van der Waals surface area contributed by atoms with Crippen LogP contribution >= 0.6 is 0 Å². The smallest absolute Gasteiger partial charge is 0.273 e. The molecule has 0 saturated carbocycles. The van der Waals surface area contributed by atoms with E-state index in [2.05, 4.69) is 16.8 Å². The van der Waals surface area contributed by atoms with E-state index in [0.717, 1.165) is 0 Å². The molecule has 0 spiro atoms. The first kappa shape index (κ1) is 9.16. The highest BCUT2D eigenvalue weighted by Crippen LogP contribution is 2.09. The third kappa shape index (κ3) is 2.54. The summed E-state index contributed by atoms with van der Waals surface area (Å²) >= 11 is 0. The summed E-state index contributed by atoms with van der Waals surface area (Å²) in [5.41, 5.74) is 5.48. The van der Waals surface area contributed by atoms with Gasteiger partial charge in [-0.05, 0) is 5.92 Å². The molecule has 5 nitrogen and oxygen atoms in total. The largest absolute Gasteiger partial charge is 0.320 e. The quantitative estimate of drug-likeness (QED) is 0.380. The van der Waals surface area contributed by atoms with Gasteiger partial charge in [0.2, 0.25) is 0 Å². The van der Waals surface area contributed by atoms with Gasteiger partial charge in [0, 0.05) is 12.3 Å². The molecule has 0 unspecified atom stereocenters. The number of rotatable bonds is 1. The lowest BCUT2D eigenvalue weighted by molar-refractivity contribution is -0.385.